The van der Waals surface area contributed by atoms with Crippen molar-refractivity contribution in [2.45, 2.75) is 40.2 Å². The predicted molar refractivity (Wildman–Crippen MR) is 65.7 cm³/mol. The van der Waals surface area contributed by atoms with Gasteiger partial charge < -0.3 is 0 Å². The molecule has 2 nitrogen and oxygen atoms in total. The van der Waals surface area contributed by atoms with Gasteiger partial charge >= 0.3 is 0 Å². The summed E-state index contributed by atoms with van der Waals surface area (Å²) in [4.78, 5) is 0. The molecule has 0 aromatic heterocycles. The first-order chi connectivity index (χ1) is 6.76. The third-order valence-electron chi connectivity index (χ3n) is 2.22. The van der Waals surface area contributed by atoms with Gasteiger partial charge in [-0.3, -0.25) is 5.01 Å². The van der Waals surface area contributed by atoms with Gasteiger partial charge in [0.05, 0.1) is 5.54 Å². The second-order valence-corrected chi connectivity index (χ2v) is 5.44. The Morgan fingerprint density at radius 2 is 2.00 bits per heavy atom. The first-order valence-electron chi connectivity index (χ1n) is 5.21. The predicted octanol–water partition coefficient (Wildman–Crippen LogP) is 3.34. The SMILES string of the molecule is C=C=C1C=CC(C)(C)C=NN1C(C)(C)C. The Kier molecular flexibility index (Phi) is 2.92. The molecule has 0 aromatic rings. The van der Waals surface area contributed by atoms with Crippen LogP contribution >= 0.6 is 0 Å². The number of rotatable bonds is 0. The van der Waals surface area contributed by atoms with E-state index in [0.717, 1.165) is 5.70 Å². The number of hydrogen-bond donors (Lipinski definition) is 0. The lowest BCUT2D eigenvalue weighted by atomic mass is 9.95. The summed E-state index contributed by atoms with van der Waals surface area (Å²) in [5.74, 6) is 0. The number of nitrogens with zero attached hydrogens (tertiary/aromatic N) is 2. The minimum atomic E-state index is -0.0543. The standard InChI is InChI=1S/C13H20N2/c1-7-11-8-9-13(5,6)10-14-15(11)12(2,3)4/h8-10H,1H2,2-6H3. The molecular weight excluding hydrogens is 184 g/mol. The van der Waals surface area contributed by atoms with Gasteiger partial charge in [-0.15, -0.1) is 5.73 Å². The third kappa shape index (κ3) is 2.84. The van der Waals surface area contributed by atoms with Crippen LogP contribution in [-0.4, -0.2) is 16.8 Å². The van der Waals surface area contributed by atoms with E-state index in [1.165, 1.54) is 0 Å². The van der Waals surface area contributed by atoms with Crippen LogP contribution in [0.5, 0.6) is 0 Å². The van der Waals surface area contributed by atoms with Crippen molar-refractivity contribution in [1.29, 1.82) is 0 Å². The van der Waals surface area contributed by atoms with Gasteiger partial charge in [0.1, 0.15) is 5.70 Å². The fourth-order valence-corrected chi connectivity index (χ4v) is 1.34. The molecule has 1 rings (SSSR count). The molecule has 0 N–H and O–H groups in total. The fraction of sp³-hybridized carbons (Fsp3) is 0.538. The molecular formula is C13H20N2. The van der Waals surface area contributed by atoms with Gasteiger partial charge in [0.25, 0.3) is 0 Å². The van der Waals surface area contributed by atoms with E-state index in [-0.39, 0.29) is 11.0 Å². The highest BCUT2D eigenvalue weighted by Crippen LogP contribution is 2.26. The molecule has 0 atom stereocenters. The van der Waals surface area contributed by atoms with E-state index < -0.39 is 0 Å². The van der Waals surface area contributed by atoms with E-state index in [1.54, 1.807) is 0 Å². The zero-order valence-corrected chi connectivity index (χ0v) is 10.3. The van der Waals surface area contributed by atoms with Crippen molar-refractivity contribution in [3.8, 4) is 0 Å². The van der Waals surface area contributed by atoms with Crippen molar-refractivity contribution < 1.29 is 0 Å². The van der Waals surface area contributed by atoms with E-state index >= 15 is 0 Å². The quantitative estimate of drug-likeness (QED) is 0.553. The molecule has 0 fully saturated rings. The smallest absolute Gasteiger partial charge is 0.101 e. The van der Waals surface area contributed by atoms with Crippen LogP contribution in [0.15, 0.2) is 35.3 Å². The summed E-state index contributed by atoms with van der Waals surface area (Å²) in [6.07, 6.45) is 6.11. The number of allylic oxidation sites excluding steroid dienone is 2. The summed E-state index contributed by atoms with van der Waals surface area (Å²) >= 11 is 0. The number of hydrogen-bond acceptors (Lipinski definition) is 2. The maximum absolute atomic E-state index is 4.51. The van der Waals surface area contributed by atoms with Crippen LogP contribution in [0.25, 0.3) is 0 Å². The van der Waals surface area contributed by atoms with Crippen LogP contribution in [0, 0.1) is 5.41 Å². The molecule has 1 aliphatic rings. The van der Waals surface area contributed by atoms with Crippen molar-refractivity contribution in [3.05, 3.63) is 30.2 Å². The lowest BCUT2D eigenvalue weighted by molar-refractivity contribution is 0.201. The Morgan fingerprint density at radius 3 is 2.47 bits per heavy atom. The van der Waals surface area contributed by atoms with Gasteiger partial charge in [0.2, 0.25) is 0 Å². The minimum Gasteiger partial charge on any atom is -0.253 e. The van der Waals surface area contributed by atoms with Gasteiger partial charge in [-0.25, -0.2) is 0 Å². The summed E-state index contributed by atoms with van der Waals surface area (Å²) in [6.45, 7) is 14.3. The van der Waals surface area contributed by atoms with Gasteiger partial charge in [-0.1, -0.05) is 26.5 Å². The second kappa shape index (κ2) is 3.71. The van der Waals surface area contributed by atoms with Crippen LogP contribution in [0.4, 0.5) is 0 Å². The van der Waals surface area contributed by atoms with Crippen molar-refractivity contribution in [1.82, 2.24) is 5.01 Å². The van der Waals surface area contributed by atoms with E-state index in [1.807, 2.05) is 17.3 Å². The van der Waals surface area contributed by atoms with E-state index in [9.17, 15) is 0 Å². The fourth-order valence-electron chi connectivity index (χ4n) is 1.34. The molecule has 0 unspecified atom stereocenters. The maximum atomic E-state index is 4.51. The molecule has 0 saturated carbocycles. The van der Waals surface area contributed by atoms with Gasteiger partial charge in [-0.2, -0.15) is 5.10 Å². The lowest BCUT2D eigenvalue weighted by Gasteiger charge is -2.32. The highest BCUT2D eigenvalue weighted by Gasteiger charge is 2.25. The molecule has 0 spiro atoms. The normalized spacial score (nSPS) is 20.1. The van der Waals surface area contributed by atoms with Crippen LogP contribution in [0.1, 0.15) is 34.6 Å². The minimum absolute atomic E-state index is 0.0118. The largest absolute Gasteiger partial charge is 0.253 e. The van der Waals surface area contributed by atoms with Crippen molar-refractivity contribution >= 4 is 6.21 Å². The summed E-state index contributed by atoms with van der Waals surface area (Å²) in [5.41, 5.74) is 3.78. The van der Waals surface area contributed by atoms with Crippen molar-refractivity contribution in [2.75, 3.05) is 0 Å². The highest BCUT2D eigenvalue weighted by atomic mass is 15.5. The van der Waals surface area contributed by atoms with Crippen LogP contribution in [0.2, 0.25) is 0 Å². The molecule has 0 bridgehead atoms. The van der Waals surface area contributed by atoms with Crippen LogP contribution < -0.4 is 0 Å². The van der Waals surface area contributed by atoms with E-state index in [4.69, 9.17) is 0 Å². The molecule has 15 heavy (non-hydrogen) atoms. The Morgan fingerprint density at radius 1 is 1.40 bits per heavy atom. The average molecular weight is 204 g/mol. The van der Waals surface area contributed by atoms with E-state index in [2.05, 4.69) is 58.1 Å². The Hall–Kier alpha value is -1.27. The molecule has 0 radical (unpaired) electrons. The maximum Gasteiger partial charge on any atom is 0.101 e. The first-order valence-corrected chi connectivity index (χ1v) is 5.21. The molecule has 0 amide bonds. The molecule has 1 aliphatic heterocycles. The summed E-state index contributed by atoms with van der Waals surface area (Å²) in [7, 11) is 0. The summed E-state index contributed by atoms with van der Waals surface area (Å²) in [6, 6.07) is 0. The summed E-state index contributed by atoms with van der Waals surface area (Å²) in [5, 5.41) is 6.46. The van der Waals surface area contributed by atoms with Crippen molar-refractivity contribution in [3.63, 3.8) is 0 Å². The van der Waals surface area contributed by atoms with Crippen molar-refractivity contribution in [2.24, 2.45) is 10.5 Å². The first kappa shape index (κ1) is 11.8. The zero-order valence-electron chi connectivity index (χ0n) is 10.3. The molecule has 82 valence electrons. The highest BCUT2D eigenvalue weighted by molar-refractivity contribution is 5.68. The lowest BCUT2D eigenvalue weighted by Crippen LogP contribution is -2.35. The van der Waals surface area contributed by atoms with Gasteiger partial charge in [-0.05, 0) is 26.8 Å². The molecule has 0 aromatic carbocycles. The Labute approximate surface area is 92.7 Å². The van der Waals surface area contributed by atoms with Crippen LogP contribution in [0.3, 0.4) is 0 Å². The third-order valence-corrected chi connectivity index (χ3v) is 2.22. The van der Waals surface area contributed by atoms with Crippen LogP contribution in [-0.2, 0) is 0 Å². The Balaban J connectivity index is 3.19. The zero-order chi connectivity index (χ0) is 11.7. The summed E-state index contributed by atoms with van der Waals surface area (Å²) < 4.78 is 0. The second-order valence-electron chi connectivity index (χ2n) is 5.44. The molecule has 0 aliphatic carbocycles. The average Bonchev–Trinajstić information content (AvgIpc) is 2.22. The van der Waals surface area contributed by atoms with Gasteiger partial charge in [0, 0.05) is 11.6 Å². The monoisotopic (exact) mass is 204 g/mol. The van der Waals surface area contributed by atoms with Gasteiger partial charge in [0.15, 0.2) is 0 Å². The molecule has 2 heteroatoms. The number of hydrazone groups is 1. The van der Waals surface area contributed by atoms with E-state index in [0.29, 0.717) is 0 Å². The molecule has 0 saturated heterocycles. The topological polar surface area (TPSA) is 15.6 Å². The molecule has 1 heterocycles. The Bertz CT molecular complexity index is 347.